The van der Waals surface area contributed by atoms with Gasteiger partial charge in [0.15, 0.2) is 0 Å². The molecule has 0 aromatic heterocycles. The molecular weight excluding hydrogens is 585 g/mol. The summed E-state index contributed by atoms with van der Waals surface area (Å²) in [6.07, 6.45) is 33.7. The normalized spacial score (nSPS) is 41.5. The Morgan fingerprint density at radius 3 is 1.85 bits per heavy atom. The van der Waals surface area contributed by atoms with Gasteiger partial charge in [0.25, 0.3) is 0 Å². The molecule has 9 atom stereocenters. The third kappa shape index (κ3) is 7.30. The van der Waals surface area contributed by atoms with Crippen LogP contribution >= 0.6 is 0 Å². The van der Waals surface area contributed by atoms with Crippen molar-refractivity contribution in [2.24, 2.45) is 50.2 Å². The lowest BCUT2D eigenvalue weighted by molar-refractivity contribution is -0.248. The Labute approximate surface area is 299 Å². The monoisotopic (exact) mass is 667 g/mol. The van der Waals surface area contributed by atoms with Crippen molar-refractivity contribution in [2.75, 3.05) is 6.61 Å². The Bertz CT molecular complexity index is 1070. The lowest BCUT2D eigenvalue weighted by Gasteiger charge is -2.72. The van der Waals surface area contributed by atoms with Crippen LogP contribution < -0.4 is 0 Å². The van der Waals surface area contributed by atoms with Crippen LogP contribution in [0.2, 0.25) is 0 Å². The Balaban J connectivity index is 1.12. The molecule has 0 bridgehead atoms. The number of allylic oxidation sites excluding steroid dienone is 2. The first-order valence-electron chi connectivity index (χ1n) is 21.7. The molecule has 0 amide bonds. The molecule has 5 aliphatic rings. The van der Waals surface area contributed by atoms with Crippen LogP contribution in [-0.2, 0) is 4.74 Å². The van der Waals surface area contributed by atoms with Crippen molar-refractivity contribution < 1.29 is 9.84 Å². The SMILES string of the molecule is CCCCCCCCCCCCCCCCOC1CC[C@@]2(C)C(CC(O)[C@]3(C)[C@@H]2CC=C2[C@H]4CC(C)(C)CC[C@]4(C)CC[C@]23C)C1(C)C. The van der Waals surface area contributed by atoms with Crippen LogP contribution in [0.4, 0.5) is 0 Å². The van der Waals surface area contributed by atoms with E-state index in [0.29, 0.717) is 34.7 Å². The molecule has 4 fully saturated rings. The van der Waals surface area contributed by atoms with Gasteiger partial charge in [0.05, 0.1) is 12.2 Å². The van der Waals surface area contributed by atoms with Gasteiger partial charge in [-0.1, -0.05) is 157 Å². The Morgan fingerprint density at radius 2 is 1.25 bits per heavy atom. The summed E-state index contributed by atoms with van der Waals surface area (Å²) in [5, 5.41) is 12.5. The summed E-state index contributed by atoms with van der Waals surface area (Å²) in [6, 6.07) is 0. The average molecular weight is 667 g/mol. The van der Waals surface area contributed by atoms with E-state index in [1.54, 1.807) is 5.57 Å². The lowest BCUT2D eigenvalue weighted by atomic mass is 9.33. The predicted octanol–water partition coefficient (Wildman–Crippen LogP) is 13.6. The number of fused-ring (bicyclic) bond motifs is 7. The summed E-state index contributed by atoms with van der Waals surface area (Å²) in [6.45, 7) is 23.7. The highest BCUT2D eigenvalue weighted by Crippen LogP contribution is 2.75. The smallest absolute Gasteiger partial charge is 0.0629 e. The first-order chi connectivity index (χ1) is 22.7. The summed E-state index contributed by atoms with van der Waals surface area (Å²) >= 11 is 0. The molecule has 48 heavy (non-hydrogen) atoms. The fourth-order valence-corrected chi connectivity index (χ4v) is 13.3. The highest BCUT2D eigenvalue weighted by molar-refractivity contribution is 5.34. The number of hydrogen-bond donors (Lipinski definition) is 1. The van der Waals surface area contributed by atoms with Gasteiger partial charge in [-0.3, -0.25) is 0 Å². The number of rotatable bonds is 16. The second kappa shape index (κ2) is 15.3. The molecule has 5 aliphatic carbocycles. The van der Waals surface area contributed by atoms with Gasteiger partial charge in [0.1, 0.15) is 0 Å². The van der Waals surface area contributed by atoms with Gasteiger partial charge in [-0.25, -0.2) is 0 Å². The van der Waals surface area contributed by atoms with E-state index in [1.165, 1.54) is 141 Å². The molecule has 0 spiro atoms. The third-order valence-corrected chi connectivity index (χ3v) is 16.9. The maximum absolute atomic E-state index is 12.5. The van der Waals surface area contributed by atoms with Crippen molar-refractivity contribution >= 4 is 0 Å². The van der Waals surface area contributed by atoms with E-state index in [-0.39, 0.29) is 27.8 Å². The zero-order valence-electron chi connectivity index (χ0n) is 33.8. The molecule has 0 aromatic rings. The largest absolute Gasteiger partial charge is 0.393 e. The number of hydrogen-bond acceptors (Lipinski definition) is 2. The van der Waals surface area contributed by atoms with Crippen LogP contribution in [0.1, 0.15) is 210 Å². The van der Waals surface area contributed by atoms with Crippen molar-refractivity contribution in [2.45, 2.75) is 222 Å². The molecule has 0 aromatic carbocycles. The van der Waals surface area contributed by atoms with Crippen LogP contribution in [0.25, 0.3) is 0 Å². The maximum Gasteiger partial charge on any atom is 0.0629 e. The van der Waals surface area contributed by atoms with Crippen molar-refractivity contribution in [3.05, 3.63) is 11.6 Å². The Morgan fingerprint density at radius 1 is 0.688 bits per heavy atom. The Hall–Kier alpha value is -0.340. The van der Waals surface area contributed by atoms with Gasteiger partial charge in [-0.2, -0.15) is 0 Å². The van der Waals surface area contributed by atoms with Crippen molar-refractivity contribution in [3.8, 4) is 0 Å². The topological polar surface area (TPSA) is 29.5 Å². The molecule has 0 saturated heterocycles. The molecule has 0 radical (unpaired) electrons. The molecule has 3 unspecified atom stereocenters. The number of aliphatic hydroxyl groups excluding tert-OH is 1. The van der Waals surface area contributed by atoms with E-state index < -0.39 is 0 Å². The predicted molar refractivity (Wildman–Crippen MR) is 206 cm³/mol. The minimum atomic E-state index is -0.237. The number of ether oxygens (including phenoxy) is 1. The number of aliphatic hydroxyl groups is 1. The van der Waals surface area contributed by atoms with Gasteiger partial charge < -0.3 is 9.84 Å². The molecule has 5 rings (SSSR count). The molecule has 4 saturated carbocycles. The van der Waals surface area contributed by atoms with Gasteiger partial charge in [-0.05, 0) is 109 Å². The molecular formula is C46H82O2. The molecule has 1 N–H and O–H groups in total. The van der Waals surface area contributed by atoms with Crippen LogP contribution in [0.3, 0.4) is 0 Å². The van der Waals surface area contributed by atoms with E-state index in [2.05, 4.69) is 68.4 Å². The average Bonchev–Trinajstić information content (AvgIpc) is 3.03. The summed E-state index contributed by atoms with van der Waals surface area (Å²) in [7, 11) is 0. The Kier molecular flexibility index (Phi) is 12.4. The standard InChI is InChI=1S/C46H82O2/c1-10-11-12-13-14-15-16-17-18-19-20-21-22-23-32-48-40-26-27-44(7)37-25-24-35-36-34-41(2,3)28-29-43(36,6)30-31-45(35,8)46(37,9)39(47)33-38(44)42(40,4)5/h24,36-40,47H,10-23,25-34H2,1-9H3/t36-,37-,38?,39?,40?,43-,44-,45-,46+/m1/s1. The molecule has 2 heteroatoms. The molecule has 2 nitrogen and oxygen atoms in total. The van der Waals surface area contributed by atoms with Gasteiger partial charge in [-0.15, -0.1) is 0 Å². The summed E-state index contributed by atoms with van der Waals surface area (Å²) in [4.78, 5) is 0. The highest BCUT2D eigenvalue weighted by Gasteiger charge is 2.70. The summed E-state index contributed by atoms with van der Waals surface area (Å²) in [5.41, 5.74) is 3.03. The van der Waals surface area contributed by atoms with Crippen molar-refractivity contribution in [1.29, 1.82) is 0 Å². The van der Waals surface area contributed by atoms with Crippen molar-refractivity contribution in [1.82, 2.24) is 0 Å². The van der Waals surface area contributed by atoms with Crippen LogP contribution in [-0.4, -0.2) is 23.9 Å². The zero-order valence-corrected chi connectivity index (χ0v) is 33.8. The van der Waals surface area contributed by atoms with E-state index in [1.807, 2.05) is 0 Å². The van der Waals surface area contributed by atoms with Crippen molar-refractivity contribution in [3.63, 3.8) is 0 Å². The summed E-state index contributed by atoms with van der Waals surface area (Å²) < 4.78 is 6.80. The lowest BCUT2D eigenvalue weighted by Crippen LogP contribution is -2.68. The maximum atomic E-state index is 12.5. The second-order valence-corrected chi connectivity index (χ2v) is 20.8. The van der Waals surface area contributed by atoms with Gasteiger partial charge in [0, 0.05) is 12.0 Å². The second-order valence-electron chi connectivity index (χ2n) is 20.8. The third-order valence-electron chi connectivity index (χ3n) is 16.9. The zero-order chi connectivity index (χ0) is 34.8. The fourth-order valence-electron chi connectivity index (χ4n) is 13.3. The summed E-state index contributed by atoms with van der Waals surface area (Å²) in [5.74, 6) is 1.74. The van der Waals surface area contributed by atoms with Gasteiger partial charge in [0.2, 0.25) is 0 Å². The van der Waals surface area contributed by atoms with E-state index in [0.717, 1.165) is 13.0 Å². The first-order valence-corrected chi connectivity index (χ1v) is 21.7. The molecule has 278 valence electrons. The van der Waals surface area contributed by atoms with E-state index >= 15 is 0 Å². The molecule has 0 heterocycles. The van der Waals surface area contributed by atoms with Crippen LogP contribution in [0, 0.1) is 50.2 Å². The van der Waals surface area contributed by atoms with Gasteiger partial charge >= 0.3 is 0 Å². The van der Waals surface area contributed by atoms with E-state index in [4.69, 9.17) is 4.74 Å². The highest BCUT2D eigenvalue weighted by atomic mass is 16.5. The number of unbranched alkanes of at least 4 members (excludes halogenated alkanes) is 13. The minimum Gasteiger partial charge on any atom is -0.393 e. The van der Waals surface area contributed by atoms with Crippen LogP contribution in [0.15, 0.2) is 11.6 Å². The molecule has 0 aliphatic heterocycles. The fraction of sp³-hybridized carbons (Fsp3) is 0.957. The van der Waals surface area contributed by atoms with E-state index in [9.17, 15) is 5.11 Å². The quantitative estimate of drug-likeness (QED) is 0.131. The van der Waals surface area contributed by atoms with Crippen LogP contribution in [0.5, 0.6) is 0 Å². The minimum absolute atomic E-state index is 0.0523. The first kappa shape index (κ1) is 38.9.